The molecule has 2 saturated heterocycles. The van der Waals surface area contributed by atoms with Gasteiger partial charge in [-0.15, -0.1) is 0 Å². The molecule has 25 heavy (non-hydrogen) atoms. The van der Waals surface area contributed by atoms with E-state index in [4.69, 9.17) is 0 Å². The number of fused-ring (bicyclic) bond motifs is 1. The summed E-state index contributed by atoms with van der Waals surface area (Å²) in [6.45, 7) is 11.2. The Morgan fingerprint density at radius 3 is 2.64 bits per heavy atom. The van der Waals surface area contributed by atoms with E-state index in [9.17, 15) is 9.59 Å². The van der Waals surface area contributed by atoms with Crippen LogP contribution in [0.4, 0.5) is 0 Å². The minimum atomic E-state index is -0.361. The van der Waals surface area contributed by atoms with Gasteiger partial charge in [0.05, 0.1) is 0 Å². The summed E-state index contributed by atoms with van der Waals surface area (Å²) in [6.07, 6.45) is 0.883. The molecule has 2 heterocycles. The number of carbonyl (C=O) groups is 2. The Balaban J connectivity index is 1.68. The fourth-order valence-corrected chi connectivity index (χ4v) is 3.74. The standard InChI is InChI=1S/C20H29N3O2/c1-5-13(2)18-20(25)23-9-8-22(12-17(23)19(24)21-18)11-16-7-6-14(3)15(4)10-16/h6-7,10,13,17-18H,5,8-9,11-12H2,1-4H3,(H,21,24)/t13-,17+,18-/m0/s1. The fourth-order valence-electron chi connectivity index (χ4n) is 3.74. The lowest BCUT2D eigenvalue weighted by atomic mass is 9.93. The van der Waals surface area contributed by atoms with E-state index < -0.39 is 0 Å². The number of rotatable bonds is 4. The van der Waals surface area contributed by atoms with Crippen molar-refractivity contribution in [3.05, 3.63) is 34.9 Å². The smallest absolute Gasteiger partial charge is 0.246 e. The Bertz CT molecular complexity index is 673. The molecule has 1 aromatic rings. The lowest BCUT2D eigenvalue weighted by Crippen LogP contribution is -2.70. The van der Waals surface area contributed by atoms with E-state index >= 15 is 0 Å². The molecule has 3 rings (SSSR count). The Kier molecular flexibility index (Phi) is 5.13. The van der Waals surface area contributed by atoms with Crippen LogP contribution >= 0.6 is 0 Å². The topological polar surface area (TPSA) is 52.7 Å². The monoisotopic (exact) mass is 343 g/mol. The lowest BCUT2D eigenvalue weighted by molar-refractivity contribution is -0.154. The summed E-state index contributed by atoms with van der Waals surface area (Å²) in [4.78, 5) is 29.4. The lowest BCUT2D eigenvalue weighted by Gasteiger charge is -2.46. The average Bonchev–Trinajstić information content (AvgIpc) is 2.60. The Morgan fingerprint density at radius 2 is 1.96 bits per heavy atom. The van der Waals surface area contributed by atoms with Crippen LogP contribution in [0.3, 0.4) is 0 Å². The van der Waals surface area contributed by atoms with Crippen molar-refractivity contribution in [2.24, 2.45) is 5.92 Å². The first-order valence-electron chi connectivity index (χ1n) is 9.30. The summed E-state index contributed by atoms with van der Waals surface area (Å²) in [7, 11) is 0. The van der Waals surface area contributed by atoms with Crippen molar-refractivity contribution >= 4 is 11.8 Å². The highest BCUT2D eigenvalue weighted by Gasteiger charge is 2.44. The van der Waals surface area contributed by atoms with Gasteiger partial charge in [-0.05, 0) is 36.5 Å². The van der Waals surface area contributed by atoms with Crippen molar-refractivity contribution < 1.29 is 9.59 Å². The van der Waals surface area contributed by atoms with Crippen molar-refractivity contribution in [1.82, 2.24) is 15.1 Å². The molecule has 0 radical (unpaired) electrons. The zero-order valence-corrected chi connectivity index (χ0v) is 15.7. The van der Waals surface area contributed by atoms with Crippen molar-refractivity contribution in [3.63, 3.8) is 0 Å². The summed E-state index contributed by atoms with van der Waals surface area (Å²) in [6, 6.07) is 5.80. The van der Waals surface area contributed by atoms with E-state index in [1.165, 1.54) is 16.7 Å². The first kappa shape index (κ1) is 17.9. The summed E-state index contributed by atoms with van der Waals surface area (Å²) in [5, 5.41) is 2.96. The fraction of sp³-hybridized carbons (Fsp3) is 0.600. The van der Waals surface area contributed by atoms with E-state index in [0.29, 0.717) is 13.1 Å². The van der Waals surface area contributed by atoms with Crippen molar-refractivity contribution in [2.45, 2.75) is 52.7 Å². The molecule has 1 N–H and O–H groups in total. The first-order chi connectivity index (χ1) is 11.9. The van der Waals surface area contributed by atoms with E-state index in [1.807, 2.05) is 6.92 Å². The van der Waals surface area contributed by atoms with Crippen LogP contribution in [0.25, 0.3) is 0 Å². The number of hydrogen-bond acceptors (Lipinski definition) is 3. The van der Waals surface area contributed by atoms with E-state index in [2.05, 4.69) is 49.2 Å². The first-order valence-corrected chi connectivity index (χ1v) is 9.30. The minimum Gasteiger partial charge on any atom is -0.342 e. The second-order valence-corrected chi connectivity index (χ2v) is 7.57. The van der Waals surface area contributed by atoms with Crippen LogP contribution < -0.4 is 5.32 Å². The predicted octanol–water partition coefficient (Wildman–Crippen LogP) is 1.86. The molecule has 5 heteroatoms. The van der Waals surface area contributed by atoms with Gasteiger partial charge in [-0.25, -0.2) is 0 Å². The van der Waals surface area contributed by atoms with Gasteiger partial charge < -0.3 is 10.2 Å². The largest absolute Gasteiger partial charge is 0.342 e. The number of nitrogens with zero attached hydrogens (tertiary/aromatic N) is 2. The molecule has 0 saturated carbocycles. The van der Waals surface area contributed by atoms with Crippen LogP contribution in [0.2, 0.25) is 0 Å². The molecule has 2 aliphatic rings. The minimum absolute atomic E-state index is 0.00492. The van der Waals surface area contributed by atoms with Gasteiger partial charge in [0.2, 0.25) is 11.8 Å². The normalized spacial score (nSPS) is 25.5. The highest BCUT2D eigenvalue weighted by molar-refractivity contribution is 5.97. The Labute approximate surface area is 150 Å². The van der Waals surface area contributed by atoms with Crippen molar-refractivity contribution in [1.29, 1.82) is 0 Å². The molecule has 5 nitrogen and oxygen atoms in total. The summed E-state index contributed by atoms with van der Waals surface area (Å²) < 4.78 is 0. The third kappa shape index (κ3) is 3.56. The van der Waals surface area contributed by atoms with Crippen LogP contribution in [0, 0.1) is 19.8 Å². The molecule has 2 amide bonds. The molecular formula is C20H29N3O2. The van der Waals surface area contributed by atoms with E-state index in [-0.39, 0.29) is 29.8 Å². The predicted molar refractivity (Wildman–Crippen MR) is 98.1 cm³/mol. The van der Waals surface area contributed by atoms with Crippen molar-refractivity contribution in [2.75, 3.05) is 19.6 Å². The number of amides is 2. The van der Waals surface area contributed by atoms with Gasteiger partial charge in [0.25, 0.3) is 0 Å². The number of piperazine rings is 2. The average molecular weight is 343 g/mol. The quantitative estimate of drug-likeness (QED) is 0.908. The molecule has 0 spiro atoms. The molecule has 2 fully saturated rings. The maximum atomic E-state index is 12.7. The summed E-state index contributed by atoms with van der Waals surface area (Å²) in [5.74, 6) is 0.255. The van der Waals surface area contributed by atoms with Gasteiger partial charge >= 0.3 is 0 Å². The molecule has 0 unspecified atom stereocenters. The molecule has 0 aromatic heterocycles. The summed E-state index contributed by atoms with van der Waals surface area (Å²) >= 11 is 0. The molecule has 0 bridgehead atoms. The van der Waals surface area contributed by atoms with E-state index in [0.717, 1.165) is 19.5 Å². The van der Waals surface area contributed by atoms with Crippen LogP contribution in [0.1, 0.15) is 37.0 Å². The second kappa shape index (κ2) is 7.16. The molecular weight excluding hydrogens is 314 g/mol. The Morgan fingerprint density at radius 1 is 1.20 bits per heavy atom. The second-order valence-electron chi connectivity index (χ2n) is 7.57. The van der Waals surface area contributed by atoms with Crippen LogP contribution in [0.15, 0.2) is 18.2 Å². The van der Waals surface area contributed by atoms with Gasteiger partial charge in [0.1, 0.15) is 12.1 Å². The van der Waals surface area contributed by atoms with Gasteiger partial charge in [0, 0.05) is 26.2 Å². The number of hydrogen-bond donors (Lipinski definition) is 1. The van der Waals surface area contributed by atoms with Gasteiger partial charge in [-0.3, -0.25) is 14.5 Å². The van der Waals surface area contributed by atoms with Crippen LogP contribution in [-0.4, -0.2) is 53.3 Å². The SMILES string of the molecule is CC[C@H](C)[C@@H]1NC(=O)[C@H]2CN(Cc3ccc(C)c(C)c3)CCN2C1=O. The van der Waals surface area contributed by atoms with Crippen LogP contribution in [-0.2, 0) is 16.1 Å². The van der Waals surface area contributed by atoms with Gasteiger partial charge in [-0.2, -0.15) is 0 Å². The highest BCUT2D eigenvalue weighted by Crippen LogP contribution is 2.22. The zero-order chi connectivity index (χ0) is 18.1. The number of carbonyl (C=O) groups excluding carboxylic acids is 2. The van der Waals surface area contributed by atoms with E-state index in [1.54, 1.807) is 4.90 Å². The third-order valence-electron chi connectivity index (χ3n) is 5.80. The molecule has 136 valence electrons. The molecule has 1 aromatic carbocycles. The van der Waals surface area contributed by atoms with Gasteiger partial charge in [-0.1, -0.05) is 38.5 Å². The number of aryl methyl sites for hydroxylation is 2. The maximum Gasteiger partial charge on any atom is 0.246 e. The van der Waals surface area contributed by atoms with Crippen molar-refractivity contribution in [3.8, 4) is 0 Å². The number of nitrogens with one attached hydrogen (secondary N) is 1. The molecule has 2 aliphatic heterocycles. The summed E-state index contributed by atoms with van der Waals surface area (Å²) in [5.41, 5.74) is 3.84. The highest BCUT2D eigenvalue weighted by atomic mass is 16.2. The van der Waals surface area contributed by atoms with Crippen LogP contribution in [0.5, 0.6) is 0 Å². The molecule has 3 atom stereocenters. The number of benzene rings is 1. The molecule has 0 aliphatic carbocycles. The Hall–Kier alpha value is -1.88. The maximum absolute atomic E-state index is 12.7. The zero-order valence-electron chi connectivity index (χ0n) is 15.7. The third-order valence-corrected chi connectivity index (χ3v) is 5.80. The van der Waals surface area contributed by atoms with Gasteiger partial charge in [0.15, 0.2) is 0 Å².